The van der Waals surface area contributed by atoms with Gasteiger partial charge in [0, 0.05) is 13.6 Å². The lowest BCUT2D eigenvalue weighted by molar-refractivity contribution is 0.0780. The lowest BCUT2D eigenvalue weighted by Crippen LogP contribution is -2.27. The average Bonchev–Trinajstić information content (AvgIpc) is 2.42. The summed E-state index contributed by atoms with van der Waals surface area (Å²) in [5.41, 5.74) is 1.63. The molecular formula is C16H16FNO. The Bertz CT molecular complexity index is 581. The summed E-state index contributed by atoms with van der Waals surface area (Å²) in [5.74, 6) is -0.738. The van der Waals surface area contributed by atoms with Gasteiger partial charge in [-0.2, -0.15) is 0 Å². The van der Waals surface area contributed by atoms with Crippen LogP contribution in [0.4, 0.5) is 4.39 Å². The maximum Gasteiger partial charge on any atom is 0.256 e. The predicted molar refractivity (Wildman–Crippen MR) is 73.4 cm³/mol. The van der Waals surface area contributed by atoms with Crippen LogP contribution >= 0.6 is 0 Å². The lowest BCUT2D eigenvalue weighted by Gasteiger charge is -2.18. The SMILES string of the molecule is Cc1cccc(C(=O)N(C)Cc2ccccc2)c1F. The van der Waals surface area contributed by atoms with E-state index in [4.69, 9.17) is 0 Å². The van der Waals surface area contributed by atoms with Crippen molar-refractivity contribution in [2.75, 3.05) is 7.05 Å². The van der Waals surface area contributed by atoms with E-state index >= 15 is 0 Å². The van der Waals surface area contributed by atoms with Crippen molar-refractivity contribution in [3.8, 4) is 0 Å². The Balaban J connectivity index is 2.18. The summed E-state index contributed by atoms with van der Waals surface area (Å²) in [6.07, 6.45) is 0. The van der Waals surface area contributed by atoms with Crippen molar-refractivity contribution in [2.45, 2.75) is 13.5 Å². The Morgan fingerprint density at radius 2 is 1.79 bits per heavy atom. The molecular weight excluding hydrogens is 241 g/mol. The normalized spacial score (nSPS) is 10.3. The van der Waals surface area contributed by atoms with E-state index in [-0.39, 0.29) is 11.5 Å². The molecule has 98 valence electrons. The highest BCUT2D eigenvalue weighted by Gasteiger charge is 2.17. The van der Waals surface area contributed by atoms with Crippen LogP contribution in [0.1, 0.15) is 21.5 Å². The number of amides is 1. The fourth-order valence-corrected chi connectivity index (χ4v) is 1.95. The second kappa shape index (κ2) is 5.65. The molecule has 0 heterocycles. The van der Waals surface area contributed by atoms with E-state index in [1.54, 1.807) is 26.1 Å². The largest absolute Gasteiger partial charge is 0.337 e. The van der Waals surface area contributed by atoms with Crippen molar-refractivity contribution in [3.05, 3.63) is 71.0 Å². The fraction of sp³-hybridized carbons (Fsp3) is 0.188. The van der Waals surface area contributed by atoms with Crippen LogP contribution in [0.2, 0.25) is 0 Å². The Labute approximate surface area is 112 Å². The summed E-state index contributed by atoms with van der Waals surface area (Å²) in [6, 6.07) is 14.5. The summed E-state index contributed by atoms with van der Waals surface area (Å²) in [7, 11) is 1.68. The van der Waals surface area contributed by atoms with Crippen LogP contribution in [0.25, 0.3) is 0 Å². The molecule has 0 bridgehead atoms. The van der Waals surface area contributed by atoms with Gasteiger partial charge in [-0.15, -0.1) is 0 Å². The number of rotatable bonds is 3. The number of aryl methyl sites for hydroxylation is 1. The van der Waals surface area contributed by atoms with E-state index in [0.717, 1.165) is 5.56 Å². The van der Waals surface area contributed by atoms with Crippen molar-refractivity contribution >= 4 is 5.91 Å². The van der Waals surface area contributed by atoms with Crippen LogP contribution in [0.15, 0.2) is 48.5 Å². The van der Waals surface area contributed by atoms with E-state index in [2.05, 4.69) is 0 Å². The van der Waals surface area contributed by atoms with Gasteiger partial charge in [0.2, 0.25) is 0 Å². The molecule has 0 aliphatic heterocycles. The van der Waals surface area contributed by atoms with E-state index < -0.39 is 5.82 Å². The van der Waals surface area contributed by atoms with Crippen LogP contribution in [0, 0.1) is 12.7 Å². The van der Waals surface area contributed by atoms with Crippen molar-refractivity contribution in [3.63, 3.8) is 0 Å². The molecule has 2 aromatic carbocycles. The highest BCUT2D eigenvalue weighted by atomic mass is 19.1. The van der Waals surface area contributed by atoms with Gasteiger partial charge in [0.1, 0.15) is 5.82 Å². The quantitative estimate of drug-likeness (QED) is 0.825. The minimum Gasteiger partial charge on any atom is -0.337 e. The molecule has 2 rings (SSSR count). The Hall–Kier alpha value is -2.16. The van der Waals surface area contributed by atoms with Gasteiger partial charge in [-0.25, -0.2) is 4.39 Å². The molecule has 0 aromatic heterocycles. The molecule has 0 spiro atoms. The van der Waals surface area contributed by atoms with Gasteiger partial charge in [-0.05, 0) is 24.1 Å². The summed E-state index contributed by atoms with van der Waals surface area (Å²) in [4.78, 5) is 13.7. The number of benzene rings is 2. The molecule has 19 heavy (non-hydrogen) atoms. The zero-order valence-electron chi connectivity index (χ0n) is 11.1. The molecule has 0 fully saturated rings. The molecule has 0 aliphatic carbocycles. The second-order valence-corrected chi connectivity index (χ2v) is 4.58. The summed E-state index contributed by atoms with van der Waals surface area (Å²) in [5, 5.41) is 0. The molecule has 2 nitrogen and oxygen atoms in total. The molecule has 0 radical (unpaired) electrons. The molecule has 0 unspecified atom stereocenters. The monoisotopic (exact) mass is 257 g/mol. The third-order valence-electron chi connectivity index (χ3n) is 3.03. The Kier molecular flexibility index (Phi) is 3.95. The predicted octanol–water partition coefficient (Wildman–Crippen LogP) is 3.41. The topological polar surface area (TPSA) is 20.3 Å². The summed E-state index contributed by atoms with van der Waals surface area (Å²) < 4.78 is 13.9. The maximum atomic E-state index is 13.9. The highest BCUT2D eigenvalue weighted by molar-refractivity contribution is 5.94. The van der Waals surface area contributed by atoms with Crippen LogP contribution in [-0.2, 0) is 6.54 Å². The van der Waals surface area contributed by atoms with E-state index in [9.17, 15) is 9.18 Å². The van der Waals surface area contributed by atoms with Crippen LogP contribution in [-0.4, -0.2) is 17.9 Å². The molecule has 0 atom stereocenters. The minimum atomic E-state index is -0.438. The third-order valence-corrected chi connectivity index (χ3v) is 3.03. The summed E-state index contributed by atoms with van der Waals surface area (Å²) >= 11 is 0. The number of nitrogens with zero attached hydrogens (tertiary/aromatic N) is 1. The smallest absolute Gasteiger partial charge is 0.256 e. The first kappa shape index (κ1) is 13.3. The Morgan fingerprint density at radius 1 is 1.11 bits per heavy atom. The number of hydrogen-bond acceptors (Lipinski definition) is 1. The van der Waals surface area contributed by atoms with Gasteiger partial charge in [0.25, 0.3) is 5.91 Å². The summed E-state index contributed by atoms with van der Waals surface area (Å²) in [6.45, 7) is 2.12. The maximum absolute atomic E-state index is 13.9. The van der Waals surface area contributed by atoms with Crippen molar-refractivity contribution in [1.29, 1.82) is 0 Å². The van der Waals surface area contributed by atoms with Gasteiger partial charge in [-0.1, -0.05) is 42.5 Å². The lowest BCUT2D eigenvalue weighted by atomic mass is 10.1. The number of hydrogen-bond donors (Lipinski definition) is 0. The molecule has 0 aliphatic rings. The molecule has 3 heteroatoms. The average molecular weight is 257 g/mol. The van der Waals surface area contributed by atoms with Gasteiger partial charge in [-0.3, -0.25) is 4.79 Å². The standard InChI is InChI=1S/C16H16FNO/c1-12-7-6-10-14(15(12)17)16(19)18(2)11-13-8-4-3-5-9-13/h3-10H,11H2,1-2H3. The zero-order valence-corrected chi connectivity index (χ0v) is 11.1. The van der Waals surface area contributed by atoms with Gasteiger partial charge < -0.3 is 4.90 Å². The highest BCUT2D eigenvalue weighted by Crippen LogP contribution is 2.15. The molecule has 1 amide bonds. The number of halogens is 1. The third kappa shape index (κ3) is 2.99. The molecule has 0 N–H and O–H groups in total. The van der Waals surface area contributed by atoms with Gasteiger partial charge in [0.05, 0.1) is 5.56 Å². The first-order valence-electron chi connectivity index (χ1n) is 6.14. The molecule has 0 saturated heterocycles. The van der Waals surface area contributed by atoms with Crippen molar-refractivity contribution < 1.29 is 9.18 Å². The molecule has 2 aromatic rings. The molecule has 0 saturated carbocycles. The zero-order chi connectivity index (χ0) is 13.8. The Morgan fingerprint density at radius 3 is 2.47 bits per heavy atom. The second-order valence-electron chi connectivity index (χ2n) is 4.58. The van der Waals surface area contributed by atoms with Gasteiger partial charge in [0.15, 0.2) is 0 Å². The van der Waals surface area contributed by atoms with Gasteiger partial charge >= 0.3 is 0 Å². The van der Waals surface area contributed by atoms with Crippen molar-refractivity contribution in [1.82, 2.24) is 4.90 Å². The number of carbonyl (C=O) groups excluding carboxylic acids is 1. The minimum absolute atomic E-state index is 0.124. The van der Waals surface area contributed by atoms with Crippen LogP contribution in [0.5, 0.6) is 0 Å². The van der Waals surface area contributed by atoms with E-state index in [1.807, 2.05) is 30.3 Å². The van der Waals surface area contributed by atoms with E-state index in [0.29, 0.717) is 12.1 Å². The first-order chi connectivity index (χ1) is 9.09. The fourth-order valence-electron chi connectivity index (χ4n) is 1.95. The van der Waals surface area contributed by atoms with Crippen LogP contribution < -0.4 is 0 Å². The van der Waals surface area contributed by atoms with Crippen molar-refractivity contribution in [2.24, 2.45) is 0 Å². The van der Waals surface area contributed by atoms with E-state index in [1.165, 1.54) is 11.0 Å². The first-order valence-corrected chi connectivity index (χ1v) is 6.14. The number of carbonyl (C=O) groups is 1. The van der Waals surface area contributed by atoms with Crippen LogP contribution in [0.3, 0.4) is 0 Å².